The highest BCUT2D eigenvalue weighted by Crippen LogP contribution is 2.28. The van der Waals surface area contributed by atoms with Gasteiger partial charge < -0.3 is 31.9 Å². The van der Waals surface area contributed by atoms with E-state index in [1.807, 2.05) is 11.9 Å². The van der Waals surface area contributed by atoms with Crippen LogP contribution in [0.2, 0.25) is 0 Å². The van der Waals surface area contributed by atoms with Crippen molar-refractivity contribution < 1.29 is 24.6 Å². The molecule has 0 bridgehead atoms. The Morgan fingerprint density at radius 2 is 1.81 bits per heavy atom. The second kappa shape index (κ2) is 12.0. The SMILES string of the molecule is CCCCc1c(CN(C)c2ccc(C(=O)N[C@@H](CCC(=O)O)C(=O)O)cc2)cnc2nc(N)nc(N)c12. The van der Waals surface area contributed by atoms with Crippen LogP contribution in [-0.2, 0) is 22.6 Å². The van der Waals surface area contributed by atoms with Crippen molar-refractivity contribution in [2.75, 3.05) is 23.4 Å². The molecule has 3 rings (SSSR count). The van der Waals surface area contributed by atoms with Gasteiger partial charge in [-0.1, -0.05) is 13.3 Å². The largest absolute Gasteiger partial charge is 0.481 e. The molecule has 2 aromatic heterocycles. The van der Waals surface area contributed by atoms with E-state index in [9.17, 15) is 19.5 Å². The highest BCUT2D eigenvalue weighted by Gasteiger charge is 2.22. The zero-order chi connectivity index (χ0) is 27.1. The second-order valence-corrected chi connectivity index (χ2v) is 8.73. The van der Waals surface area contributed by atoms with Crippen LogP contribution >= 0.6 is 0 Å². The minimum atomic E-state index is -1.29. The van der Waals surface area contributed by atoms with Crippen molar-refractivity contribution in [2.24, 2.45) is 0 Å². The van der Waals surface area contributed by atoms with Crippen LogP contribution in [0.15, 0.2) is 30.5 Å². The van der Waals surface area contributed by atoms with E-state index >= 15 is 0 Å². The van der Waals surface area contributed by atoms with Gasteiger partial charge in [-0.25, -0.2) is 9.78 Å². The van der Waals surface area contributed by atoms with Crippen molar-refractivity contribution in [3.8, 4) is 0 Å². The fraction of sp³-hybridized carbons (Fsp3) is 0.360. The number of nitrogens with one attached hydrogen (secondary N) is 1. The van der Waals surface area contributed by atoms with Crippen LogP contribution in [0, 0.1) is 0 Å². The molecule has 12 nitrogen and oxygen atoms in total. The summed E-state index contributed by atoms with van der Waals surface area (Å²) in [6, 6.07) is 5.38. The number of carboxylic acids is 2. The molecule has 1 aromatic carbocycles. The molecule has 0 aliphatic heterocycles. The average Bonchev–Trinajstić information content (AvgIpc) is 2.85. The van der Waals surface area contributed by atoms with Crippen molar-refractivity contribution in [1.82, 2.24) is 20.3 Å². The van der Waals surface area contributed by atoms with E-state index in [1.165, 1.54) is 0 Å². The van der Waals surface area contributed by atoms with Crippen molar-refractivity contribution in [3.63, 3.8) is 0 Å². The molecule has 3 aromatic rings. The van der Waals surface area contributed by atoms with Gasteiger partial charge in [-0.2, -0.15) is 9.97 Å². The van der Waals surface area contributed by atoms with Crippen LogP contribution < -0.4 is 21.7 Å². The quantitative estimate of drug-likeness (QED) is 0.240. The molecule has 0 radical (unpaired) electrons. The van der Waals surface area contributed by atoms with Gasteiger partial charge in [0.25, 0.3) is 5.91 Å². The van der Waals surface area contributed by atoms with E-state index in [2.05, 4.69) is 27.2 Å². The number of rotatable bonds is 12. The van der Waals surface area contributed by atoms with Gasteiger partial charge in [0.15, 0.2) is 5.65 Å². The first-order chi connectivity index (χ1) is 17.6. The number of carboxylic acid groups (broad SMARTS) is 2. The zero-order valence-electron chi connectivity index (χ0n) is 20.8. The summed E-state index contributed by atoms with van der Waals surface area (Å²) in [7, 11) is 1.90. The Balaban J connectivity index is 1.78. The second-order valence-electron chi connectivity index (χ2n) is 8.73. The molecule has 0 unspecified atom stereocenters. The number of amides is 1. The summed E-state index contributed by atoms with van der Waals surface area (Å²) in [6.45, 7) is 2.61. The fourth-order valence-corrected chi connectivity index (χ4v) is 4.00. The number of nitrogen functional groups attached to an aromatic ring is 2. The lowest BCUT2D eigenvalue weighted by Crippen LogP contribution is -2.41. The lowest BCUT2D eigenvalue weighted by molar-refractivity contribution is -0.140. The molecule has 0 saturated heterocycles. The van der Waals surface area contributed by atoms with Crippen LogP contribution in [0.3, 0.4) is 0 Å². The van der Waals surface area contributed by atoms with Crippen LogP contribution in [0.5, 0.6) is 0 Å². The number of carbonyl (C=O) groups excluding carboxylic acids is 1. The number of aromatic nitrogens is 3. The molecule has 1 amide bonds. The van der Waals surface area contributed by atoms with E-state index in [0.29, 0.717) is 23.4 Å². The van der Waals surface area contributed by atoms with E-state index in [1.54, 1.807) is 30.5 Å². The van der Waals surface area contributed by atoms with Gasteiger partial charge in [-0.3, -0.25) is 9.59 Å². The van der Waals surface area contributed by atoms with Crippen molar-refractivity contribution in [3.05, 3.63) is 47.2 Å². The van der Waals surface area contributed by atoms with Crippen molar-refractivity contribution >= 4 is 46.3 Å². The van der Waals surface area contributed by atoms with Crippen LogP contribution in [0.1, 0.15) is 54.1 Å². The summed E-state index contributed by atoms with van der Waals surface area (Å²) in [4.78, 5) is 49.4. The van der Waals surface area contributed by atoms with Crippen LogP contribution in [-0.4, -0.2) is 56.1 Å². The van der Waals surface area contributed by atoms with E-state index < -0.39 is 23.9 Å². The molecule has 0 spiro atoms. The van der Waals surface area contributed by atoms with Crippen LogP contribution in [0.25, 0.3) is 11.0 Å². The minimum absolute atomic E-state index is 0.0736. The van der Waals surface area contributed by atoms with E-state index in [-0.39, 0.29) is 24.4 Å². The first-order valence-corrected chi connectivity index (χ1v) is 11.9. The molecular weight excluding hydrogens is 478 g/mol. The van der Waals surface area contributed by atoms with Gasteiger partial charge >= 0.3 is 11.9 Å². The fourth-order valence-electron chi connectivity index (χ4n) is 4.00. The number of carbonyl (C=O) groups is 3. The van der Waals surface area contributed by atoms with Gasteiger partial charge in [0.1, 0.15) is 11.9 Å². The average molecular weight is 510 g/mol. The molecular formula is C25H31N7O5. The molecule has 0 saturated carbocycles. The number of nitrogens with zero attached hydrogens (tertiary/aromatic N) is 4. The van der Waals surface area contributed by atoms with Gasteiger partial charge in [-0.05, 0) is 54.7 Å². The molecule has 0 aliphatic carbocycles. The summed E-state index contributed by atoms with van der Waals surface area (Å²) in [5.41, 5.74) is 15.5. The number of aliphatic carboxylic acids is 2. The monoisotopic (exact) mass is 509 g/mol. The minimum Gasteiger partial charge on any atom is -0.481 e. The molecule has 1 atom stereocenters. The third-order valence-electron chi connectivity index (χ3n) is 5.98. The zero-order valence-corrected chi connectivity index (χ0v) is 20.8. The molecule has 12 heteroatoms. The Morgan fingerprint density at radius 1 is 1.11 bits per heavy atom. The summed E-state index contributed by atoms with van der Waals surface area (Å²) < 4.78 is 0. The first-order valence-electron chi connectivity index (χ1n) is 11.9. The van der Waals surface area contributed by atoms with E-state index in [4.69, 9.17) is 16.6 Å². The van der Waals surface area contributed by atoms with Gasteiger partial charge in [0, 0.05) is 37.5 Å². The summed E-state index contributed by atoms with van der Waals surface area (Å²) >= 11 is 0. The topological polar surface area (TPSA) is 198 Å². The Morgan fingerprint density at radius 3 is 2.43 bits per heavy atom. The molecule has 7 N–H and O–H groups in total. The first kappa shape index (κ1) is 27.1. The summed E-state index contributed by atoms with van der Waals surface area (Å²) in [5.74, 6) is -2.65. The number of nitrogens with two attached hydrogens (primary N) is 2. The summed E-state index contributed by atoms with van der Waals surface area (Å²) in [5, 5.41) is 21.1. The number of fused-ring (bicyclic) bond motifs is 1. The lowest BCUT2D eigenvalue weighted by atomic mass is 9.99. The number of anilines is 3. The molecule has 37 heavy (non-hydrogen) atoms. The lowest BCUT2D eigenvalue weighted by Gasteiger charge is -2.22. The molecule has 0 fully saturated rings. The molecule has 196 valence electrons. The number of hydrogen-bond donors (Lipinski definition) is 5. The van der Waals surface area contributed by atoms with Gasteiger partial charge in [0.2, 0.25) is 5.95 Å². The van der Waals surface area contributed by atoms with Crippen LogP contribution in [0.4, 0.5) is 17.5 Å². The predicted octanol–water partition coefficient (Wildman–Crippen LogP) is 2.22. The Labute approximate surface area is 213 Å². The Hall–Kier alpha value is -4.48. The molecule has 0 aliphatic rings. The number of aryl methyl sites for hydroxylation is 1. The predicted molar refractivity (Wildman–Crippen MR) is 139 cm³/mol. The van der Waals surface area contributed by atoms with E-state index in [0.717, 1.165) is 36.1 Å². The highest BCUT2D eigenvalue weighted by atomic mass is 16.4. The standard InChI is InChI=1S/C25H31N7O5/c1-3-4-5-17-15(12-28-22-20(17)21(26)30-25(27)31-22)13-32(2)16-8-6-14(7-9-16)23(35)29-18(24(36)37)10-11-19(33)34/h6-9,12,18H,3-5,10-11,13H2,1-2H3,(H,29,35)(H,33,34)(H,36,37)(H4,26,27,28,30,31)/t18-/m0/s1. The summed E-state index contributed by atoms with van der Waals surface area (Å²) in [6.07, 6.45) is 3.92. The number of unbranched alkanes of at least 4 members (excludes halogenated alkanes) is 1. The maximum atomic E-state index is 12.5. The van der Waals surface area contributed by atoms with Crippen molar-refractivity contribution in [1.29, 1.82) is 0 Å². The maximum Gasteiger partial charge on any atom is 0.326 e. The Bertz CT molecular complexity index is 1300. The van der Waals surface area contributed by atoms with Crippen molar-refractivity contribution in [2.45, 2.75) is 51.6 Å². The smallest absolute Gasteiger partial charge is 0.326 e. The highest BCUT2D eigenvalue weighted by molar-refractivity contribution is 5.97. The Kier molecular flexibility index (Phi) is 8.77. The molecule has 2 heterocycles. The third-order valence-corrected chi connectivity index (χ3v) is 5.98. The number of pyridine rings is 1. The van der Waals surface area contributed by atoms with Gasteiger partial charge in [0.05, 0.1) is 5.39 Å². The third kappa shape index (κ3) is 6.81. The number of hydrogen-bond acceptors (Lipinski definition) is 9. The normalized spacial score (nSPS) is 11.7. The number of benzene rings is 1. The maximum absolute atomic E-state index is 12.5. The van der Waals surface area contributed by atoms with Gasteiger partial charge in [-0.15, -0.1) is 0 Å².